The van der Waals surface area contributed by atoms with Crippen molar-refractivity contribution in [3.8, 4) is 0 Å². The highest BCUT2D eigenvalue weighted by Gasteiger charge is 2.28. The van der Waals surface area contributed by atoms with Gasteiger partial charge >= 0.3 is 0 Å². The molecule has 1 fully saturated rings. The second-order valence-corrected chi connectivity index (χ2v) is 8.00. The smallest absolute Gasteiger partial charge is 0.179 e. The van der Waals surface area contributed by atoms with E-state index in [4.69, 9.17) is 11.6 Å². The molecule has 0 radical (unpaired) electrons. The molecule has 0 aromatic heterocycles. The van der Waals surface area contributed by atoms with E-state index in [9.17, 15) is 8.42 Å². The Balaban J connectivity index is 2.10. The molecule has 0 saturated heterocycles. The van der Waals surface area contributed by atoms with Crippen LogP contribution in [-0.4, -0.2) is 27.3 Å². The minimum Gasteiger partial charge on any atom is -0.316 e. The average Bonchev–Trinajstić information content (AvgIpc) is 2.46. The van der Waals surface area contributed by atoms with E-state index in [-0.39, 0.29) is 11.8 Å². The maximum Gasteiger partial charge on any atom is 0.179 e. The maximum atomic E-state index is 12.5. The van der Waals surface area contributed by atoms with E-state index in [2.05, 4.69) is 5.32 Å². The molecule has 1 aromatic rings. The largest absolute Gasteiger partial charge is 0.316 e. The van der Waals surface area contributed by atoms with Crippen LogP contribution in [0.5, 0.6) is 0 Å². The predicted molar refractivity (Wildman–Crippen MR) is 82.9 cm³/mol. The molecule has 0 amide bonds. The van der Waals surface area contributed by atoms with Crippen LogP contribution in [0, 0.1) is 5.92 Å². The topological polar surface area (TPSA) is 46.2 Å². The molecular formula is C15H22ClNO2S. The van der Waals surface area contributed by atoms with Gasteiger partial charge < -0.3 is 5.32 Å². The molecule has 3 nitrogen and oxygen atoms in total. The van der Waals surface area contributed by atoms with E-state index in [1.54, 1.807) is 24.3 Å². The molecule has 1 aromatic carbocycles. The van der Waals surface area contributed by atoms with Gasteiger partial charge in [-0.3, -0.25) is 0 Å². The first-order chi connectivity index (χ1) is 9.53. The molecule has 1 saturated carbocycles. The molecular weight excluding hydrogens is 294 g/mol. The SMILES string of the molecule is CNC(CS(=O)(=O)c1ccc(Cl)cc1)C1CCCCC1. The first-order valence-corrected chi connectivity index (χ1v) is 9.21. The Labute approximate surface area is 126 Å². The molecule has 1 aliphatic rings. The van der Waals surface area contributed by atoms with Crippen LogP contribution < -0.4 is 5.32 Å². The lowest BCUT2D eigenvalue weighted by Gasteiger charge is -2.29. The van der Waals surface area contributed by atoms with Crippen LogP contribution in [0.1, 0.15) is 32.1 Å². The van der Waals surface area contributed by atoms with Crippen molar-refractivity contribution in [3.63, 3.8) is 0 Å². The summed E-state index contributed by atoms with van der Waals surface area (Å²) in [7, 11) is -1.40. The average molecular weight is 316 g/mol. The van der Waals surface area contributed by atoms with E-state index < -0.39 is 9.84 Å². The van der Waals surface area contributed by atoms with Crippen LogP contribution in [0.4, 0.5) is 0 Å². The third kappa shape index (κ3) is 3.96. The quantitative estimate of drug-likeness (QED) is 0.907. The zero-order valence-corrected chi connectivity index (χ0v) is 13.4. The van der Waals surface area contributed by atoms with Gasteiger partial charge in [-0.05, 0) is 50.1 Å². The highest BCUT2D eigenvalue weighted by Crippen LogP contribution is 2.28. The van der Waals surface area contributed by atoms with Gasteiger partial charge in [-0.25, -0.2) is 8.42 Å². The van der Waals surface area contributed by atoms with Gasteiger partial charge in [0.25, 0.3) is 0 Å². The molecule has 2 rings (SSSR count). The van der Waals surface area contributed by atoms with Crippen molar-refractivity contribution in [1.29, 1.82) is 0 Å². The summed E-state index contributed by atoms with van der Waals surface area (Å²) in [5.74, 6) is 0.631. The lowest BCUT2D eigenvalue weighted by molar-refractivity contribution is 0.292. The van der Waals surface area contributed by atoms with Crippen LogP contribution in [0.2, 0.25) is 5.02 Å². The van der Waals surface area contributed by atoms with Crippen molar-refractivity contribution in [3.05, 3.63) is 29.3 Å². The van der Waals surface area contributed by atoms with Gasteiger partial charge in [-0.15, -0.1) is 0 Å². The summed E-state index contributed by atoms with van der Waals surface area (Å²) >= 11 is 5.81. The number of benzene rings is 1. The number of rotatable bonds is 5. The highest BCUT2D eigenvalue weighted by atomic mass is 35.5. The van der Waals surface area contributed by atoms with Gasteiger partial charge in [0.05, 0.1) is 10.6 Å². The predicted octanol–water partition coefficient (Wildman–Crippen LogP) is 3.28. The third-order valence-corrected chi connectivity index (χ3v) is 6.20. The lowest BCUT2D eigenvalue weighted by atomic mass is 9.84. The van der Waals surface area contributed by atoms with Crippen LogP contribution in [0.15, 0.2) is 29.2 Å². The summed E-state index contributed by atoms with van der Waals surface area (Å²) in [4.78, 5) is 0.359. The van der Waals surface area contributed by atoms with Gasteiger partial charge in [0.15, 0.2) is 9.84 Å². The molecule has 1 atom stereocenters. The van der Waals surface area contributed by atoms with E-state index in [0.717, 1.165) is 12.8 Å². The zero-order valence-electron chi connectivity index (χ0n) is 11.8. The fraction of sp³-hybridized carbons (Fsp3) is 0.600. The Morgan fingerprint density at radius 1 is 1.20 bits per heavy atom. The summed E-state index contributed by atoms with van der Waals surface area (Å²) in [6, 6.07) is 6.47. The fourth-order valence-electron chi connectivity index (χ4n) is 2.97. The Hall–Kier alpha value is -0.580. The standard InChI is InChI=1S/C15H22ClNO2S/c1-17-15(12-5-3-2-4-6-12)11-20(18,19)14-9-7-13(16)8-10-14/h7-10,12,15,17H,2-6,11H2,1H3. The van der Waals surface area contributed by atoms with E-state index >= 15 is 0 Å². The number of sulfone groups is 1. The van der Waals surface area contributed by atoms with Crippen molar-refractivity contribution in [2.75, 3.05) is 12.8 Å². The first kappa shape index (κ1) is 15.8. The number of halogens is 1. The van der Waals surface area contributed by atoms with Gasteiger partial charge in [-0.2, -0.15) is 0 Å². The minimum absolute atomic E-state index is 0.0379. The van der Waals surface area contributed by atoms with E-state index in [0.29, 0.717) is 15.8 Å². The molecule has 20 heavy (non-hydrogen) atoms. The fourth-order valence-corrected chi connectivity index (χ4v) is 4.75. The summed E-state index contributed by atoms with van der Waals surface area (Å²) in [6.45, 7) is 0. The van der Waals surface area contributed by atoms with Gasteiger partial charge in [0, 0.05) is 11.1 Å². The molecule has 0 bridgehead atoms. The number of hydrogen-bond donors (Lipinski definition) is 1. The lowest BCUT2D eigenvalue weighted by Crippen LogP contribution is -2.40. The van der Waals surface area contributed by atoms with Crippen molar-refractivity contribution in [1.82, 2.24) is 5.32 Å². The second kappa shape index (κ2) is 6.92. The molecule has 0 aliphatic heterocycles. The summed E-state index contributed by atoms with van der Waals surface area (Å²) in [6.07, 6.45) is 5.95. The van der Waals surface area contributed by atoms with Crippen molar-refractivity contribution < 1.29 is 8.42 Å². The molecule has 112 valence electrons. The van der Waals surface area contributed by atoms with Crippen LogP contribution in [0.25, 0.3) is 0 Å². The van der Waals surface area contributed by atoms with Gasteiger partial charge in [-0.1, -0.05) is 30.9 Å². The van der Waals surface area contributed by atoms with Crippen molar-refractivity contribution >= 4 is 21.4 Å². The summed E-state index contributed by atoms with van der Waals surface area (Å²) in [5.41, 5.74) is 0. The minimum atomic E-state index is -3.26. The summed E-state index contributed by atoms with van der Waals surface area (Å²) < 4.78 is 24.9. The first-order valence-electron chi connectivity index (χ1n) is 7.18. The van der Waals surface area contributed by atoms with Crippen LogP contribution in [0.3, 0.4) is 0 Å². The van der Waals surface area contributed by atoms with Crippen molar-refractivity contribution in [2.24, 2.45) is 5.92 Å². The highest BCUT2D eigenvalue weighted by molar-refractivity contribution is 7.91. The van der Waals surface area contributed by atoms with Crippen LogP contribution >= 0.6 is 11.6 Å². The molecule has 0 heterocycles. The molecule has 1 unspecified atom stereocenters. The monoisotopic (exact) mass is 315 g/mol. The molecule has 5 heteroatoms. The van der Waals surface area contributed by atoms with Crippen molar-refractivity contribution in [2.45, 2.75) is 43.0 Å². The Bertz CT molecular complexity index is 521. The van der Waals surface area contributed by atoms with Gasteiger partial charge in [0.2, 0.25) is 0 Å². The molecule has 0 spiro atoms. The maximum absolute atomic E-state index is 12.5. The molecule has 1 N–H and O–H groups in total. The van der Waals surface area contributed by atoms with E-state index in [1.165, 1.54) is 19.3 Å². The molecule has 1 aliphatic carbocycles. The van der Waals surface area contributed by atoms with Gasteiger partial charge in [0.1, 0.15) is 0 Å². The normalized spacial score (nSPS) is 18.9. The van der Waals surface area contributed by atoms with Crippen LogP contribution in [-0.2, 0) is 9.84 Å². The summed E-state index contributed by atoms with van der Waals surface area (Å²) in [5, 5.41) is 3.76. The Morgan fingerprint density at radius 2 is 1.80 bits per heavy atom. The Morgan fingerprint density at radius 3 is 2.35 bits per heavy atom. The second-order valence-electron chi connectivity index (χ2n) is 5.53. The number of hydrogen-bond acceptors (Lipinski definition) is 3. The Kier molecular flexibility index (Phi) is 5.47. The third-order valence-electron chi connectivity index (χ3n) is 4.16. The zero-order chi connectivity index (χ0) is 14.6. The number of nitrogens with one attached hydrogen (secondary N) is 1. The van der Waals surface area contributed by atoms with E-state index in [1.807, 2.05) is 7.05 Å².